The van der Waals surface area contributed by atoms with Crippen LogP contribution >= 0.6 is 0 Å². The highest BCUT2D eigenvalue weighted by atomic mass is 16.5. The van der Waals surface area contributed by atoms with E-state index in [1.165, 1.54) is 0 Å². The highest BCUT2D eigenvalue weighted by Gasteiger charge is 2.14. The van der Waals surface area contributed by atoms with Gasteiger partial charge in [-0.25, -0.2) is 14.8 Å². The number of ketones is 1. The summed E-state index contributed by atoms with van der Waals surface area (Å²) < 4.78 is 12.7. The summed E-state index contributed by atoms with van der Waals surface area (Å²) >= 11 is 0. The average Bonchev–Trinajstić information content (AvgIpc) is 3.19. The van der Waals surface area contributed by atoms with E-state index in [1.807, 2.05) is 38.4 Å². The van der Waals surface area contributed by atoms with E-state index in [0.29, 0.717) is 47.8 Å². The molecule has 0 unspecified atom stereocenters. The molecule has 0 spiro atoms. The van der Waals surface area contributed by atoms with Gasteiger partial charge in [-0.15, -0.1) is 0 Å². The second-order valence-corrected chi connectivity index (χ2v) is 9.11. The number of benzene rings is 2. The molecule has 0 fully saturated rings. The number of aromatic nitrogens is 3. The first-order chi connectivity index (χ1) is 17.4. The van der Waals surface area contributed by atoms with Crippen molar-refractivity contribution in [1.82, 2.24) is 19.4 Å². The number of nitrogens with zero attached hydrogens (tertiary/aromatic N) is 4. The number of ether oxygens (including phenoxy) is 1. The molecule has 8 nitrogen and oxygen atoms in total. The minimum atomic E-state index is -0.458. The Morgan fingerprint density at radius 1 is 1.08 bits per heavy atom. The van der Waals surface area contributed by atoms with E-state index in [4.69, 9.17) is 9.15 Å². The molecular formula is C28H32N4O4. The molecule has 0 aliphatic rings. The fourth-order valence-corrected chi connectivity index (χ4v) is 3.97. The lowest BCUT2D eigenvalue weighted by Gasteiger charge is -2.10. The number of hydrogen-bond acceptors (Lipinski definition) is 7. The zero-order valence-corrected chi connectivity index (χ0v) is 21.1. The van der Waals surface area contributed by atoms with E-state index in [1.54, 1.807) is 35.2 Å². The highest BCUT2D eigenvalue weighted by Crippen LogP contribution is 2.21. The van der Waals surface area contributed by atoms with E-state index in [2.05, 4.69) is 21.8 Å². The van der Waals surface area contributed by atoms with E-state index in [0.717, 1.165) is 36.9 Å². The van der Waals surface area contributed by atoms with Crippen molar-refractivity contribution >= 4 is 16.9 Å². The van der Waals surface area contributed by atoms with Gasteiger partial charge in [-0.3, -0.25) is 9.36 Å². The Hall–Kier alpha value is -3.78. The molecule has 188 valence electrons. The molecule has 0 saturated carbocycles. The third kappa shape index (κ3) is 6.26. The second kappa shape index (κ2) is 11.8. The molecule has 4 aromatic rings. The van der Waals surface area contributed by atoms with Gasteiger partial charge in [0.1, 0.15) is 0 Å². The van der Waals surface area contributed by atoms with Crippen molar-refractivity contribution in [2.24, 2.45) is 0 Å². The summed E-state index contributed by atoms with van der Waals surface area (Å²) in [5.41, 5.74) is 3.40. The molecule has 0 aliphatic heterocycles. The third-order valence-electron chi connectivity index (χ3n) is 5.92. The van der Waals surface area contributed by atoms with Gasteiger partial charge in [0.25, 0.3) is 0 Å². The van der Waals surface area contributed by atoms with Crippen LogP contribution in [0.1, 0.15) is 48.5 Å². The fraction of sp³-hybridized carbons (Fsp3) is 0.357. The SMILES string of the molecule is CCCCC(=O)c1ccc2oc(=O)n(Cc3cccc(-c4ncc(OCCCN(C)C)cn4)c3)c2c1. The maximum absolute atomic E-state index is 12.6. The summed E-state index contributed by atoms with van der Waals surface area (Å²) in [7, 11) is 4.06. The fourth-order valence-electron chi connectivity index (χ4n) is 3.97. The highest BCUT2D eigenvalue weighted by molar-refractivity contribution is 5.98. The van der Waals surface area contributed by atoms with Crippen molar-refractivity contribution in [3.63, 3.8) is 0 Å². The third-order valence-corrected chi connectivity index (χ3v) is 5.92. The summed E-state index contributed by atoms with van der Waals surface area (Å²) in [5, 5.41) is 0. The van der Waals surface area contributed by atoms with Crippen molar-refractivity contribution in [1.29, 1.82) is 0 Å². The largest absolute Gasteiger partial charge is 0.490 e. The van der Waals surface area contributed by atoms with Crippen LogP contribution in [0.2, 0.25) is 0 Å². The molecule has 0 amide bonds. The zero-order chi connectivity index (χ0) is 25.5. The van der Waals surface area contributed by atoms with Crippen molar-refractivity contribution in [2.45, 2.75) is 39.2 Å². The molecular weight excluding hydrogens is 456 g/mol. The minimum Gasteiger partial charge on any atom is -0.490 e. The first-order valence-corrected chi connectivity index (χ1v) is 12.3. The summed E-state index contributed by atoms with van der Waals surface area (Å²) in [5.74, 6) is 0.823. The van der Waals surface area contributed by atoms with Gasteiger partial charge in [-0.2, -0.15) is 0 Å². The first kappa shape index (κ1) is 25.3. The van der Waals surface area contributed by atoms with Gasteiger partial charge in [-0.05, 0) is 56.8 Å². The van der Waals surface area contributed by atoms with Crippen LogP contribution in [0.4, 0.5) is 0 Å². The van der Waals surface area contributed by atoms with Crippen LogP contribution in [-0.2, 0) is 6.54 Å². The van der Waals surface area contributed by atoms with Crippen LogP contribution in [0.15, 0.2) is 64.1 Å². The monoisotopic (exact) mass is 488 g/mol. The van der Waals surface area contributed by atoms with E-state index >= 15 is 0 Å². The summed E-state index contributed by atoms with van der Waals surface area (Å²) in [4.78, 5) is 36.1. The standard InChI is InChI=1S/C28H32N4O4/c1-4-5-10-25(33)21-11-12-26-24(16-21)32(28(34)36-26)19-20-8-6-9-22(15-20)27-29-17-23(18-30-27)35-14-7-13-31(2)3/h6,8-9,11-12,15-18H,4-5,7,10,13-14,19H2,1-3H3. The summed E-state index contributed by atoms with van der Waals surface area (Å²) in [6.07, 6.45) is 6.56. The summed E-state index contributed by atoms with van der Waals surface area (Å²) in [6.45, 7) is 3.92. The first-order valence-electron chi connectivity index (χ1n) is 12.3. The van der Waals surface area contributed by atoms with Crippen molar-refractivity contribution in [2.75, 3.05) is 27.2 Å². The summed E-state index contributed by atoms with van der Waals surface area (Å²) in [6, 6.07) is 12.9. The molecule has 0 aliphatic carbocycles. The Labute approximate surface area is 210 Å². The molecule has 2 aromatic carbocycles. The lowest BCUT2D eigenvalue weighted by atomic mass is 10.1. The average molecular weight is 489 g/mol. The van der Waals surface area contributed by atoms with Crippen LogP contribution in [0.25, 0.3) is 22.5 Å². The van der Waals surface area contributed by atoms with Crippen LogP contribution in [0, 0.1) is 0 Å². The Balaban J connectivity index is 1.51. The Morgan fingerprint density at radius 2 is 1.89 bits per heavy atom. The van der Waals surface area contributed by atoms with Crippen LogP contribution in [-0.4, -0.2) is 52.5 Å². The molecule has 0 bridgehead atoms. The van der Waals surface area contributed by atoms with Gasteiger partial charge in [0.05, 0.1) is 31.1 Å². The van der Waals surface area contributed by atoms with Crippen LogP contribution in [0.5, 0.6) is 5.75 Å². The Morgan fingerprint density at radius 3 is 2.64 bits per heavy atom. The second-order valence-electron chi connectivity index (χ2n) is 9.11. The number of rotatable bonds is 12. The number of fused-ring (bicyclic) bond motifs is 1. The maximum atomic E-state index is 12.6. The predicted octanol–water partition coefficient (Wildman–Crippen LogP) is 4.80. The Kier molecular flexibility index (Phi) is 8.28. The smallest absolute Gasteiger partial charge is 0.420 e. The van der Waals surface area contributed by atoms with Crippen molar-refractivity contribution < 1.29 is 13.9 Å². The lowest BCUT2D eigenvalue weighted by Crippen LogP contribution is -2.15. The lowest BCUT2D eigenvalue weighted by molar-refractivity contribution is 0.0980. The molecule has 36 heavy (non-hydrogen) atoms. The molecule has 4 rings (SSSR count). The van der Waals surface area contributed by atoms with Gasteiger partial charge < -0.3 is 14.1 Å². The molecule has 8 heteroatoms. The van der Waals surface area contributed by atoms with Crippen LogP contribution < -0.4 is 10.5 Å². The Bertz CT molecular complexity index is 1370. The number of Topliss-reactive ketones (excluding diaryl/α,β-unsaturated/α-hetero) is 1. The van der Waals surface area contributed by atoms with Gasteiger partial charge >= 0.3 is 5.76 Å². The van der Waals surface area contributed by atoms with Gasteiger partial charge in [0, 0.05) is 24.1 Å². The quantitative estimate of drug-likeness (QED) is 0.209. The van der Waals surface area contributed by atoms with Crippen LogP contribution in [0.3, 0.4) is 0 Å². The molecule has 2 aromatic heterocycles. The molecule has 0 atom stereocenters. The molecule has 0 radical (unpaired) electrons. The molecule has 0 N–H and O–H groups in total. The van der Waals surface area contributed by atoms with E-state index < -0.39 is 5.76 Å². The number of carbonyl (C=O) groups excluding carboxylic acids is 1. The number of unbranched alkanes of at least 4 members (excludes halogenated alkanes) is 1. The minimum absolute atomic E-state index is 0.0724. The number of carbonyl (C=O) groups is 1. The maximum Gasteiger partial charge on any atom is 0.420 e. The number of oxazole rings is 1. The predicted molar refractivity (Wildman–Crippen MR) is 140 cm³/mol. The van der Waals surface area contributed by atoms with E-state index in [9.17, 15) is 9.59 Å². The molecule has 2 heterocycles. The van der Waals surface area contributed by atoms with Crippen molar-refractivity contribution in [3.05, 3.63) is 76.5 Å². The zero-order valence-electron chi connectivity index (χ0n) is 21.1. The van der Waals surface area contributed by atoms with Gasteiger partial charge in [-0.1, -0.05) is 31.5 Å². The van der Waals surface area contributed by atoms with Gasteiger partial charge in [0.2, 0.25) is 0 Å². The number of hydrogen-bond donors (Lipinski definition) is 0. The topological polar surface area (TPSA) is 90.5 Å². The normalized spacial score (nSPS) is 11.3. The van der Waals surface area contributed by atoms with E-state index in [-0.39, 0.29) is 5.78 Å². The van der Waals surface area contributed by atoms with Crippen molar-refractivity contribution in [3.8, 4) is 17.1 Å². The van der Waals surface area contributed by atoms with Gasteiger partial charge in [0.15, 0.2) is 22.9 Å². The molecule has 0 saturated heterocycles.